The Morgan fingerprint density at radius 2 is 1.94 bits per heavy atom. The van der Waals surface area contributed by atoms with E-state index in [9.17, 15) is 4.79 Å². The maximum absolute atomic E-state index is 11.5. The van der Waals surface area contributed by atoms with E-state index in [1.54, 1.807) is 6.92 Å². The van der Waals surface area contributed by atoms with E-state index in [2.05, 4.69) is 6.58 Å². The van der Waals surface area contributed by atoms with Crippen LogP contribution >= 0.6 is 0 Å². The molecule has 0 atom stereocenters. The highest BCUT2D eigenvalue weighted by Gasteiger charge is 2.35. The summed E-state index contributed by atoms with van der Waals surface area (Å²) in [5.74, 6) is 0.719. The van der Waals surface area contributed by atoms with E-state index in [0.717, 1.165) is 12.8 Å². The lowest BCUT2D eigenvalue weighted by atomic mass is 9.89. The number of carbonyl (C=O) groups is 1. The topological polar surface area (TPSA) is 35.5 Å². The van der Waals surface area contributed by atoms with Gasteiger partial charge in [-0.3, -0.25) is 0 Å². The molecule has 0 saturated heterocycles. The van der Waals surface area contributed by atoms with Crippen molar-refractivity contribution in [3.05, 3.63) is 12.3 Å². The fourth-order valence-corrected chi connectivity index (χ4v) is 2.21. The van der Waals surface area contributed by atoms with Gasteiger partial charge in [0.1, 0.15) is 5.60 Å². The van der Waals surface area contributed by atoms with Crippen LogP contribution < -0.4 is 0 Å². The normalized spacial score (nSPS) is 17.2. The van der Waals surface area contributed by atoms with Gasteiger partial charge in [-0.2, -0.15) is 0 Å². The summed E-state index contributed by atoms with van der Waals surface area (Å²) in [6.45, 7) is 9.23. The van der Waals surface area contributed by atoms with E-state index >= 15 is 0 Å². The van der Waals surface area contributed by atoms with Crippen LogP contribution in [0.25, 0.3) is 0 Å². The van der Waals surface area contributed by atoms with Gasteiger partial charge < -0.3 is 9.47 Å². The molecule has 1 rings (SSSR count). The third-order valence-corrected chi connectivity index (χ3v) is 3.15. The van der Waals surface area contributed by atoms with Crippen molar-refractivity contribution in [2.75, 3.05) is 6.61 Å². The Hall–Kier alpha value is -0.990. The Balaban J connectivity index is 2.38. The molecule has 1 fully saturated rings. The minimum Gasteiger partial charge on any atom is -0.487 e. The number of carbonyl (C=O) groups excluding carboxylic acids is 1. The number of allylic oxidation sites excluding steroid dienone is 1. The zero-order chi connectivity index (χ0) is 12.2. The molecule has 1 aliphatic rings. The quantitative estimate of drug-likeness (QED) is 0.534. The average Bonchev–Trinajstić information content (AvgIpc) is 2.67. The summed E-state index contributed by atoms with van der Waals surface area (Å²) in [6, 6.07) is 0. The molecular weight excluding hydrogens is 204 g/mol. The summed E-state index contributed by atoms with van der Waals surface area (Å²) in [5.41, 5.74) is -0.369. The second kappa shape index (κ2) is 5.37. The van der Waals surface area contributed by atoms with E-state index in [-0.39, 0.29) is 18.2 Å². The molecule has 0 spiro atoms. The number of esters is 1. The Kier molecular flexibility index (Phi) is 4.39. The van der Waals surface area contributed by atoms with Crippen LogP contribution in [0.4, 0.5) is 0 Å². The van der Waals surface area contributed by atoms with Crippen LogP contribution in [0, 0.1) is 5.92 Å². The number of ether oxygens (including phenoxy) is 2. The number of rotatable bonds is 5. The lowest BCUT2D eigenvalue weighted by Crippen LogP contribution is -2.36. The highest BCUT2D eigenvalue weighted by Crippen LogP contribution is 2.36. The van der Waals surface area contributed by atoms with Crippen LogP contribution in [0.15, 0.2) is 12.3 Å². The SMILES string of the molecule is C=C(C)OCC(=O)OC(C)(C)C1CCCC1. The molecular formula is C13H22O3. The first-order chi connectivity index (χ1) is 7.42. The van der Waals surface area contributed by atoms with Gasteiger partial charge in [0.15, 0.2) is 6.61 Å². The molecule has 0 aromatic heterocycles. The van der Waals surface area contributed by atoms with Crippen molar-refractivity contribution in [1.29, 1.82) is 0 Å². The summed E-state index contributed by atoms with van der Waals surface area (Å²) >= 11 is 0. The van der Waals surface area contributed by atoms with Crippen molar-refractivity contribution >= 4 is 5.97 Å². The van der Waals surface area contributed by atoms with Crippen molar-refractivity contribution in [2.24, 2.45) is 5.92 Å². The Morgan fingerprint density at radius 1 is 1.38 bits per heavy atom. The summed E-state index contributed by atoms with van der Waals surface area (Å²) < 4.78 is 10.5. The highest BCUT2D eigenvalue weighted by molar-refractivity contribution is 5.71. The van der Waals surface area contributed by atoms with Gasteiger partial charge in [-0.25, -0.2) is 4.79 Å². The van der Waals surface area contributed by atoms with Crippen LogP contribution in [0.5, 0.6) is 0 Å². The molecule has 92 valence electrons. The Bertz CT molecular complexity index is 262. The Labute approximate surface area is 97.8 Å². The molecule has 16 heavy (non-hydrogen) atoms. The van der Waals surface area contributed by atoms with E-state index in [1.807, 2.05) is 13.8 Å². The van der Waals surface area contributed by atoms with E-state index in [1.165, 1.54) is 12.8 Å². The van der Waals surface area contributed by atoms with Gasteiger partial charge in [-0.1, -0.05) is 19.4 Å². The lowest BCUT2D eigenvalue weighted by molar-refractivity contribution is -0.165. The van der Waals surface area contributed by atoms with Crippen LogP contribution in [0.3, 0.4) is 0 Å². The second-order valence-corrected chi connectivity index (χ2v) is 5.05. The fraction of sp³-hybridized carbons (Fsp3) is 0.769. The predicted molar refractivity (Wildman–Crippen MR) is 62.9 cm³/mol. The van der Waals surface area contributed by atoms with Gasteiger partial charge in [0.2, 0.25) is 0 Å². The van der Waals surface area contributed by atoms with Gasteiger partial charge in [0, 0.05) is 0 Å². The second-order valence-electron chi connectivity index (χ2n) is 5.05. The predicted octanol–water partition coefficient (Wildman–Crippen LogP) is 3.05. The van der Waals surface area contributed by atoms with Crippen LogP contribution in [-0.4, -0.2) is 18.2 Å². The first-order valence-corrected chi connectivity index (χ1v) is 5.92. The molecule has 0 heterocycles. The summed E-state index contributed by atoms with van der Waals surface area (Å²) in [4.78, 5) is 11.5. The summed E-state index contributed by atoms with van der Waals surface area (Å²) in [5, 5.41) is 0. The van der Waals surface area contributed by atoms with Crippen molar-refractivity contribution < 1.29 is 14.3 Å². The van der Waals surface area contributed by atoms with Crippen molar-refractivity contribution in [3.8, 4) is 0 Å². The van der Waals surface area contributed by atoms with E-state index in [0.29, 0.717) is 11.7 Å². The largest absolute Gasteiger partial charge is 0.487 e. The zero-order valence-corrected chi connectivity index (χ0v) is 10.5. The van der Waals surface area contributed by atoms with Gasteiger partial charge >= 0.3 is 5.97 Å². The smallest absolute Gasteiger partial charge is 0.344 e. The minimum absolute atomic E-state index is 0.0362. The molecule has 0 N–H and O–H groups in total. The molecule has 0 aromatic carbocycles. The van der Waals surface area contributed by atoms with Gasteiger partial charge in [-0.05, 0) is 39.5 Å². The third kappa shape index (κ3) is 3.87. The molecule has 0 aliphatic heterocycles. The molecule has 1 aliphatic carbocycles. The standard InChI is InChI=1S/C13H22O3/c1-10(2)15-9-12(14)16-13(3,4)11-7-5-6-8-11/h11H,1,5-9H2,2-4H3. The molecule has 3 heteroatoms. The lowest BCUT2D eigenvalue weighted by Gasteiger charge is -2.31. The number of hydrogen-bond donors (Lipinski definition) is 0. The number of hydrogen-bond acceptors (Lipinski definition) is 3. The van der Waals surface area contributed by atoms with Crippen molar-refractivity contribution in [2.45, 2.75) is 52.1 Å². The first-order valence-electron chi connectivity index (χ1n) is 5.92. The minimum atomic E-state index is -0.369. The van der Waals surface area contributed by atoms with Gasteiger partial charge in [0.25, 0.3) is 0 Å². The fourth-order valence-electron chi connectivity index (χ4n) is 2.21. The summed E-state index contributed by atoms with van der Waals surface area (Å²) in [6.07, 6.45) is 4.80. The van der Waals surface area contributed by atoms with Gasteiger partial charge in [0.05, 0.1) is 5.76 Å². The summed E-state index contributed by atoms with van der Waals surface area (Å²) in [7, 11) is 0. The van der Waals surface area contributed by atoms with Crippen LogP contribution in [-0.2, 0) is 14.3 Å². The van der Waals surface area contributed by atoms with Crippen molar-refractivity contribution in [1.82, 2.24) is 0 Å². The highest BCUT2D eigenvalue weighted by atomic mass is 16.6. The third-order valence-electron chi connectivity index (χ3n) is 3.15. The van der Waals surface area contributed by atoms with Gasteiger partial charge in [-0.15, -0.1) is 0 Å². The zero-order valence-electron chi connectivity index (χ0n) is 10.5. The van der Waals surface area contributed by atoms with Crippen LogP contribution in [0.2, 0.25) is 0 Å². The van der Waals surface area contributed by atoms with E-state index in [4.69, 9.17) is 9.47 Å². The Morgan fingerprint density at radius 3 is 2.44 bits per heavy atom. The molecule has 0 aromatic rings. The maximum atomic E-state index is 11.5. The molecule has 0 amide bonds. The first kappa shape index (κ1) is 13.1. The molecule has 0 unspecified atom stereocenters. The molecule has 0 bridgehead atoms. The van der Waals surface area contributed by atoms with Crippen LogP contribution in [0.1, 0.15) is 46.5 Å². The maximum Gasteiger partial charge on any atom is 0.344 e. The molecule has 1 saturated carbocycles. The monoisotopic (exact) mass is 226 g/mol. The molecule has 0 radical (unpaired) electrons. The van der Waals surface area contributed by atoms with Crippen molar-refractivity contribution in [3.63, 3.8) is 0 Å². The average molecular weight is 226 g/mol. The van der Waals surface area contributed by atoms with E-state index < -0.39 is 0 Å². The molecule has 3 nitrogen and oxygen atoms in total.